The summed E-state index contributed by atoms with van der Waals surface area (Å²) in [6.07, 6.45) is 5.42. The molecule has 0 saturated heterocycles. The highest BCUT2D eigenvalue weighted by molar-refractivity contribution is 7.17. The maximum atomic E-state index is 12.3. The van der Waals surface area contributed by atoms with Gasteiger partial charge in [-0.25, -0.2) is 0 Å². The molecule has 0 aliphatic rings. The van der Waals surface area contributed by atoms with Gasteiger partial charge >= 0.3 is 5.00 Å². The number of amides is 1. The van der Waals surface area contributed by atoms with Crippen LogP contribution in [0.2, 0.25) is 0 Å². The van der Waals surface area contributed by atoms with Crippen molar-refractivity contribution < 1.29 is 9.72 Å². The molecule has 8 heteroatoms. The third-order valence-corrected chi connectivity index (χ3v) is 5.33. The van der Waals surface area contributed by atoms with Crippen LogP contribution in [0.3, 0.4) is 0 Å². The lowest BCUT2D eigenvalue weighted by Crippen LogP contribution is -2.16. The van der Waals surface area contributed by atoms with E-state index >= 15 is 0 Å². The molecule has 0 N–H and O–H groups in total. The second kappa shape index (κ2) is 6.39. The summed E-state index contributed by atoms with van der Waals surface area (Å²) in [5.74, 6) is 2.05. The molecule has 1 aromatic carbocycles. The van der Waals surface area contributed by atoms with Crippen LogP contribution in [0, 0.1) is 29.4 Å². The summed E-state index contributed by atoms with van der Waals surface area (Å²) in [6.45, 7) is 2.27. The number of nitro groups is 1. The van der Waals surface area contributed by atoms with Crippen molar-refractivity contribution in [1.29, 1.82) is 0 Å². The van der Waals surface area contributed by atoms with Gasteiger partial charge in [0, 0.05) is 6.07 Å². The predicted octanol–water partition coefficient (Wildman–Crippen LogP) is 3.36. The fourth-order valence-corrected chi connectivity index (χ4v) is 4.02. The highest BCUT2D eigenvalue weighted by Crippen LogP contribution is 2.24. The van der Waals surface area contributed by atoms with Crippen LogP contribution in [0.25, 0.3) is 10.2 Å². The van der Waals surface area contributed by atoms with Crippen molar-refractivity contribution in [2.24, 2.45) is 4.99 Å². The molecular weight excluding hydrogens is 346 g/mol. The fraction of sp³-hybridized carbons (Fsp3) is 0.125. The Labute approximate surface area is 144 Å². The van der Waals surface area contributed by atoms with Gasteiger partial charge in [-0.3, -0.25) is 14.9 Å². The van der Waals surface area contributed by atoms with Crippen LogP contribution >= 0.6 is 22.7 Å². The van der Waals surface area contributed by atoms with E-state index in [1.165, 1.54) is 23.5 Å². The lowest BCUT2D eigenvalue weighted by Gasteiger charge is -1.99. The number of carbonyl (C=O) groups excluding carboxylic acids is 1. The van der Waals surface area contributed by atoms with E-state index in [-0.39, 0.29) is 9.88 Å². The minimum Gasteiger partial charge on any atom is -0.305 e. The molecule has 0 fully saturated rings. The number of thiophene rings is 1. The van der Waals surface area contributed by atoms with Gasteiger partial charge in [0.05, 0.1) is 21.7 Å². The first kappa shape index (κ1) is 16.1. The molecule has 2 aromatic heterocycles. The van der Waals surface area contributed by atoms with E-state index in [0.29, 0.717) is 11.3 Å². The van der Waals surface area contributed by atoms with Gasteiger partial charge < -0.3 is 4.57 Å². The van der Waals surface area contributed by atoms with Crippen molar-refractivity contribution in [2.75, 3.05) is 0 Å². The van der Waals surface area contributed by atoms with E-state index in [4.69, 9.17) is 6.42 Å². The van der Waals surface area contributed by atoms with Gasteiger partial charge in [0.1, 0.15) is 4.88 Å². The van der Waals surface area contributed by atoms with Gasteiger partial charge in [0.25, 0.3) is 5.91 Å². The van der Waals surface area contributed by atoms with Crippen LogP contribution in [0.5, 0.6) is 0 Å². The van der Waals surface area contributed by atoms with Crippen molar-refractivity contribution in [3.63, 3.8) is 0 Å². The number of terminal acetylenes is 1. The van der Waals surface area contributed by atoms with Crippen molar-refractivity contribution in [2.45, 2.75) is 13.5 Å². The van der Waals surface area contributed by atoms with Crippen LogP contribution in [0.1, 0.15) is 15.2 Å². The number of aryl methyl sites for hydroxylation is 1. The average Bonchev–Trinajstić information content (AvgIpc) is 3.13. The van der Waals surface area contributed by atoms with Crippen LogP contribution in [0.4, 0.5) is 5.00 Å². The maximum absolute atomic E-state index is 12.3. The van der Waals surface area contributed by atoms with E-state index in [1.54, 1.807) is 4.57 Å². The van der Waals surface area contributed by atoms with Crippen LogP contribution in [0.15, 0.2) is 35.3 Å². The highest BCUT2D eigenvalue weighted by Gasteiger charge is 2.15. The van der Waals surface area contributed by atoms with Crippen LogP contribution < -0.4 is 4.80 Å². The summed E-state index contributed by atoms with van der Waals surface area (Å²) < 4.78 is 2.77. The number of benzene rings is 1. The van der Waals surface area contributed by atoms with Crippen LogP contribution in [-0.4, -0.2) is 15.4 Å². The number of fused-ring (bicyclic) bond motifs is 1. The second-order valence-electron chi connectivity index (χ2n) is 4.96. The first-order valence-electron chi connectivity index (χ1n) is 6.86. The summed E-state index contributed by atoms with van der Waals surface area (Å²) >= 11 is 2.17. The Kier molecular flexibility index (Phi) is 4.29. The first-order valence-corrected chi connectivity index (χ1v) is 8.49. The van der Waals surface area contributed by atoms with Crippen molar-refractivity contribution in [1.82, 2.24) is 4.57 Å². The Morgan fingerprint density at radius 2 is 2.17 bits per heavy atom. The largest absolute Gasteiger partial charge is 0.324 e. The second-order valence-corrected chi connectivity index (χ2v) is 7.03. The maximum Gasteiger partial charge on any atom is 0.324 e. The normalized spacial score (nSPS) is 11.6. The molecule has 0 aliphatic heterocycles. The Morgan fingerprint density at radius 1 is 1.38 bits per heavy atom. The Bertz CT molecular complexity index is 1070. The number of hydrogen-bond acceptors (Lipinski definition) is 5. The standard InChI is InChI=1S/C16H11N3O3S2/c1-3-8-18-11-5-4-10(2)9-13(11)24-16(18)17-15(20)12-6-7-14(23-12)19(21)22/h1,4-7,9H,8H2,2H3. The van der Waals surface area contributed by atoms with Crippen molar-refractivity contribution in [3.05, 3.63) is 55.7 Å². The van der Waals surface area contributed by atoms with E-state index in [9.17, 15) is 14.9 Å². The minimum atomic E-state index is -0.526. The predicted molar refractivity (Wildman–Crippen MR) is 94.3 cm³/mol. The molecule has 0 unspecified atom stereocenters. The molecule has 0 aliphatic carbocycles. The van der Waals surface area contributed by atoms with Gasteiger partial charge in [0.2, 0.25) is 0 Å². The summed E-state index contributed by atoms with van der Waals surface area (Å²) in [5.41, 5.74) is 2.01. The van der Waals surface area contributed by atoms with Crippen molar-refractivity contribution >= 4 is 43.8 Å². The fourth-order valence-electron chi connectivity index (χ4n) is 2.19. The molecule has 0 saturated carbocycles. The van der Waals surface area contributed by atoms with Gasteiger partial charge in [-0.15, -0.1) is 6.42 Å². The van der Waals surface area contributed by atoms with Gasteiger partial charge in [0.15, 0.2) is 4.80 Å². The van der Waals surface area contributed by atoms with Gasteiger partial charge in [-0.1, -0.05) is 34.7 Å². The topological polar surface area (TPSA) is 77.5 Å². The quantitative estimate of drug-likeness (QED) is 0.410. The van der Waals surface area contributed by atoms with Gasteiger partial charge in [-0.05, 0) is 30.7 Å². The van der Waals surface area contributed by atoms with E-state index in [2.05, 4.69) is 10.9 Å². The lowest BCUT2D eigenvalue weighted by molar-refractivity contribution is -0.380. The smallest absolute Gasteiger partial charge is 0.305 e. The molecule has 0 radical (unpaired) electrons. The number of carbonyl (C=O) groups is 1. The lowest BCUT2D eigenvalue weighted by atomic mass is 10.2. The number of nitrogens with zero attached hydrogens (tertiary/aromatic N) is 3. The molecular formula is C16H11N3O3S2. The molecule has 0 spiro atoms. The Morgan fingerprint density at radius 3 is 2.83 bits per heavy atom. The third kappa shape index (κ3) is 2.99. The van der Waals surface area contributed by atoms with Crippen LogP contribution in [-0.2, 0) is 6.54 Å². The zero-order chi connectivity index (χ0) is 17.3. The SMILES string of the molecule is C#CCn1c(=NC(=O)c2ccc([N+](=O)[O-])s2)sc2cc(C)ccc21. The third-order valence-electron chi connectivity index (χ3n) is 3.27. The number of hydrogen-bond donors (Lipinski definition) is 0. The molecule has 1 amide bonds. The molecule has 24 heavy (non-hydrogen) atoms. The summed E-state index contributed by atoms with van der Waals surface area (Å²) in [7, 11) is 0. The minimum absolute atomic E-state index is 0.0861. The average molecular weight is 357 g/mol. The molecule has 0 atom stereocenters. The van der Waals surface area contributed by atoms with E-state index in [0.717, 1.165) is 27.1 Å². The Balaban J connectivity index is 2.11. The van der Waals surface area contributed by atoms with E-state index in [1.807, 2.05) is 25.1 Å². The monoisotopic (exact) mass is 357 g/mol. The number of aromatic nitrogens is 1. The first-order chi connectivity index (χ1) is 11.5. The molecule has 120 valence electrons. The zero-order valence-corrected chi connectivity index (χ0v) is 14.2. The molecule has 3 aromatic rings. The number of thiazole rings is 1. The molecule has 2 heterocycles. The highest BCUT2D eigenvalue weighted by atomic mass is 32.1. The summed E-state index contributed by atoms with van der Waals surface area (Å²) in [6, 6.07) is 8.63. The molecule has 0 bridgehead atoms. The van der Waals surface area contributed by atoms with Gasteiger partial charge in [-0.2, -0.15) is 4.99 Å². The summed E-state index contributed by atoms with van der Waals surface area (Å²) in [4.78, 5) is 27.3. The van der Waals surface area contributed by atoms with E-state index < -0.39 is 10.8 Å². The molecule has 3 rings (SSSR count). The number of rotatable bonds is 3. The zero-order valence-electron chi connectivity index (χ0n) is 12.6. The summed E-state index contributed by atoms with van der Waals surface area (Å²) in [5, 5.41) is 10.6. The Hall–Kier alpha value is -2.76. The molecule has 6 nitrogen and oxygen atoms in total. The van der Waals surface area contributed by atoms with Crippen molar-refractivity contribution in [3.8, 4) is 12.3 Å².